The molecule has 2 heterocycles. The van der Waals surface area contributed by atoms with Gasteiger partial charge in [0.25, 0.3) is 5.91 Å². The van der Waals surface area contributed by atoms with Gasteiger partial charge in [0.05, 0.1) is 5.56 Å². The van der Waals surface area contributed by atoms with Gasteiger partial charge in [0, 0.05) is 35.0 Å². The molecule has 2 aliphatic rings. The molecule has 0 bridgehead atoms. The Morgan fingerprint density at radius 2 is 2.16 bits per heavy atom. The van der Waals surface area contributed by atoms with Crippen LogP contribution in [0.1, 0.15) is 23.2 Å². The molecule has 0 N–H and O–H groups in total. The number of hydrogen-bond donors (Lipinski definition) is 1. The maximum Gasteiger partial charge on any atom is 0.255 e. The van der Waals surface area contributed by atoms with Crippen LogP contribution >= 0.6 is 28.6 Å². The Balaban J connectivity index is 1.76. The molecule has 1 atom stereocenters. The van der Waals surface area contributed by atoms with Crippen molar-refractivity contribution in [2.45, 2.75) is 23.8 Å². The minimum absolute atomic E-state index is 0.115. The van der Waals surface area contributed by atoms with E-state index in [1.807, 2.05) is 23.1 Å². The molecule has 3 nitrogen and oxygen atoms in total. The fraction of sp³-hybridized carbons (Fsp3) is 0.500. The molecule has 2 fully saturated rings. The van der Waals surface area contributed by atoms with Gasteiger partial charge >= 0.3 is 0 Å². The number of piperazine rings is 1. The van der Waals surface area contributed by atoms with Crippen molar-refractivity contribution in [3.63, 3.8) is 0 Å². The lowest BCUT2D eigenvalue weighted by atomic mass is 10.1. The molecule has 0 aromatic heterocycles. The zero-order valence-corrected chi connectivity index (χ0v) is 13.2. The van der Waals surface area contributed by atoms with Crippen LogP contribution in [0.2, 0.25) is 0 Å². The molecule has 1 amide bonds. The summed E-state index contributed by atoms with van der Waals surface area (Å²) in [5, 5.41) is 0. The van der Waals surface area contributed by atoms with Crippen molar-refractivity contribution in [2.24, 2.45) is 0 Å². The molecule has 19 heavy (non-hydrogen) atoms. The van der Waals surface area contributed by atoms with Gasteiger partial charge in [0.2, 0.25) is 0 Å². The first-order chi connectivity index (χ1) is 9.15. The van der Waals surface area contributed by atoms with Gasteiger partial charge in [-0.15, -0.1) is 12.6 Å². The first-order valence-corrected chi connectivity index (χ1v) is 7.91. The van der Waals surface area contributed by atoms with E-state index < -0.39 is 0 Å². The van der Waals surface area contributed by atoms with Crippen LogP contribution in [-0.4, -0.2) is 47.9 Å². The molecule has 1 aromatic carbocycles. The number of benzene rings is 1. The zero-order valence-electron chi connectivity index (χ0n) is 10.7. The second-order valence-electron chi connectivity index (χ2n) is 5.24. The normalized spacial score (nSPS) is 23.5. The second-order valence-corrected chi connectivity index (χ2v) is 6.64. The monoisotopic (exact) mass is 340 g/mol. The molecule has 0 aliphatic carbocycles. The largest absolute Gasteiger partial charge is 0.336 e. The average Bonchev–Trinajstić information content (AvgIpc) is 2.85. The van der Waals surface area contributed by atoms with Crippen LogP contribution in [0.4, 0.5) is 0 Å². The standard InChI is InChI=1S/C14H17BrN2OS/c15-10-3-4-12(13(19)8-10)14(18)17-7-6-16-5-1-2-11(16)9-17/h3-4,8,11,19H,1-2,5-7,9H2. The molecule has 0 saturated carbocycles. The summed E-state index contributed by atoms with van der Waals surface area (Å²) < 4.78 is 0.953. The van der Waals surface area contributed by atoms with E-state index in [1.54, 1.807) is 0 Å². The second kappa shape index (κ2) is 5.46. The topological polar surface area (TPSA) is 23.6 Å². The molecule has 2 aliphatic heterocycles. The number of hydrogen-bond acceptors (Lipinski definition) is 3. The van der Waals surface area contributed by atoms with Crippen molar-refractivity contribution in [3.8, 4) is 0 Å². The number of amides is 1. The lowest BCUT2D eigenvalue weighted by Gasteiger charge is -2.37. The van der Waals surface area contributed by atoms with Crippen LogP contribution in [0.15, 0.2) is 27.6 Å². The van der Waals surface area contributed by atoms with Gasteiger partial charge in [-0.25, -0.2) is 0 Å². The van der Waals surface area contributed by atoms with E-state index in [2.05, 4.69) is 33.5 Å². The van der Waals surface area contributed by atoms with Gasteiger partial charge in [-0.3, -0.25) is 9.69 Å². The number of carbonyl (C=O) groups is 1. The minimum atomic E-state index is 0.115. The Morgan fingerprint density at radius 1 is 1.32 bits per heavy atom. The highest BCUT2D eigenvalue weighted by Crippen LogP contribution is 2.25. The summed E-state index contributed by atoms with van der Waals surface area (Å²) in [6.45, 7) is 3.90. The van der Waals surface area contributed by atoms with Gasteiger partial charge in [0.15, 0.2) is 0 Å². The fourth-order valence-electron chi connectivity index (χ4n) is 3.03. The van der Waals surface area contributed by atoms with E-state index in [4.69, 9.17) is 0 Å². The van der Waals surface area contributed by atoms with Crippen LogP contribution in [-0.2, 0) is 0 Å². The van der Waals surface area contributed by atoms with E-state index in [0.717, 1.165) is 29.0 Å². The summed E-state index contributed by atoms with van der Waals surface area (Å²) in [7, 11) is 0. The predicted molar refractivity (Wildman–Crippen MR) is 81.9 cm³/mol. The Kier molecular flexibility index (Phi) is 3.87. The number of thiol groups is 1. The van der Waals surface area contributed by atoms with Crippen LogP contribution in [0.5, 0.6) is 0 Å². The third-order valence-corrected chi connectivity index (χ3v) is 4.93. The molecule has 1 aromatic rings. The molecule has 2 saturated heterocycles. The van der Waals surface area contributed by atoms with Crippen molar-refractivity contribution in [3.05, 3.63) is 28.2 Å². The summed E-state index contributed by atoms with van der Waals surface area (Å²) in [6.07, 6.45) is 2.49. The van der Waals surface area contributed by atoms with Crippen LogP contribution in [0.25, 0.3) is 0 Å². The summed E-state index contributed by atoms with van der Waals surface area (Å²) in [5.41, 5.74) is 0.706. The Morgan fingerprint density at radius 3 is 2.95 bits per heavy atom. The van der Waals surface area contributed by atoms with E-state index in [0.29, 0.717) is 11.6 Å². The Labute approximate surface area is 127 Å². The molecule has 0 spiro atoms. The maximum absolute atomic E-state index is 12.6. The summed E-state index contributed by atoms with van der Waals surface area (Å²) in [4.78, 5) is 17.8. The van der Waals surface area contributed by atoms with Crippen LogP contribution in [0, 0.1) is 0 Å². The molecule has 0 radical (unpaired) electrons. The molecule has 3 rings (SSSR count). The molecular formula is C14H17BrN2OS. The Hall–Kier alpha value is -0.520. The van der Waals surface area contributed by atoms with Crippen LogP contribution < -0.4 is 0 Å². The molecule has 5 heteroatoms. The van der Waals surface area contributed by atoms with Crippen molar-refractivity contribution in [1.82, 2.24) is 9.80 Å². The maximum atomic E-state index is 12.6. The highest BCUT2D eigenvalue weighted by atomic mass is 79.9. The highest BCUT2D eigenvalue weighted by molar-refractivity contribution is 9.10. The molecular weight excluding hydrogens is 324 g/mol. The Bertz CT molecular complexity index is 508. The first kappa shape index (κ1) is 13.5. The van der Waals surface area contributed by atoms with Crippen molar-refractivity contribution in [1.29, 1.82) is 0 Å². The third kappa shape index (κ3) is 2.69. The fourth-order valence-corrected chi connectivity index (χ4v) is 3.88. The van der Waals surface area contributed by atoms with Crippen LogP contribution in [0.3, 0.4) is 0 Å². The smallest absolute Gasteiger partial charge is 0.255 e. The van der Waals surface area contributed by atoms with E-state index in [1.165, 1.54) is 19.4 Å². The number of fused-ring (bicyclic) bond motifs is 1. The number of halogens is 1. The average molecular weight is 341 g/mol. The van der Waals surface area contributed by atoms with Gasteiger partial charge in [-0.05, 0) is 37.6 Å². The van der Waals surface area contributed by atoms with Crippen molar-refractivity contribution >= 4 is 34.5 Å². The van der Waals surface area contributed by atoms with Gasteiger partial charge in [-0.1, -0.05) is 15.9 Å². The highest BCUT2D eigenvalue weighted by Gasteiger charge is 2.33. The molecule has 1 unspecified atom stereocenters. The number of carbonyl (C=O) groups excluding carboxylic acids is 1. The van der Waals surface area contributed by atoms with Gasteiger partial charge in [0.1, 0.15) is 0 Å². The SMILES string of the molecule is O=C(c1ccc(Br)cc1S)N1CCN2CCCC2C1. The lowest BCUT2D eigenvalue weighted by Crippen LogP contribution is -2.52. The number of rotatable bonds is 1. The van der Waals surface area contributed by atoms with Gasteiger partial charge in [-0.2, -0.15) is 0 Å². The lowest BCUT2D eigenvalue weighted by molar-refractivity contribution is 0.0568. The zero-order chi connectivity index (χ0) is 13.4. The first-order valence-electron chi connectivity index (χ1n) is 6.67. The van der Waals surface area contributed by atoms with E-state index in [-0.39, 0.29) is 5.91 Å². The van der Waals surface area contributed by atoms with Crippen molar-refractivity contribution < 1.29 is 4.79 Å². The number of nitrogens with zero attached hydrogens (tertiary/aromatic N) is 2. The minimum Gasteiger partial charge on any atom is -0.336 e. The third-order valence-electron chi connectivity index (χ3n) is 4.06. The quantitative estimate of drug-likeness (QED) is 0.794. The summed E-state index contributed by atoms with van der Waals surface area (Å²) >= 11 is 7.81. The molecule has 102 valence electrons. The summed E-state index contributed by atoms with van der Waals surface area (Å²) in [5.74, 6) is 0.115. The van der Waals surface area contributed by atoms with Crippen molar-refractivity contribution in [2.75, 3.05) is 26.2 Å². The van der Waals surface area contributed by atoms with E-state index in [9.17, 15) is 4.79 Å². The van der Waals surface area contributed by atoms with E-state index >= 15 is 0 Å². The predicted octanol–water partition coefficient (Wildman–Crippen LogP) is 2.66. The summed E-state index contributed by atoms with van der Waals surface area (Å²) in [6, 6.07) is 6.20. The van der Waals surface area contributed by atoms with Gasteiger partial charge < -0.3 is 4.90 Å².